The molecule has 0 radical (unpaired) electrons. The van der Waals surface area contributed by atoms with Gasteiger partial charge < -0.3 is 24.2 Å². The molecule has 132 valence electrons. The largest absolute Gasteiger partial charge is 0.494 e. The van der Waals surface area contributed by atoms with E-state index in [4.69, 9.17) is 13.6 Å². The van der Waals surface area contributed by atoms with Gasteiger partial charge in [0, 0.05) is 17.8 Å². The maximum Gasteiger partial charge on any atom is 0.291 e. The Kier molecular flexibility index (Phi) is 5.19. The predicted octanol–water partition coefficient (Wildman–Crippen LogP) is 3.79. The number of benzene rings is 1. The number of hydrogen-bond acceptors (Lipinski definition) is 5. The molecule has 1 aromatic carbocycles. The molecular weight excluding hydrogens is 336 g/mol. The van der Waals surface area contributed by atoms with Crippen molar-refractivity contribution in [3.63, 3.8) is 0 Å². The fourth-order valence-electron chi connectivity index (χ4n) is 2.19. The molecule has 3 rings (SSSR count). The highest BCUT2D eigenvalue weighted by Crippen LogP contribution is 2.28. The van der Waals surface area contributed by atoms with Crippen LogP contribution in [0.1, 0.15) is 16.3 Å². The van der Waals surface area contributed by atoms with E-state index in [1.807, 2.05) is 0 Å². The summed E-state index contributed by atoms with van der Waals surface area (Å²) in [7, 11) is 1.47. The molecule has 2 N–H and O–H groups in total. The van der Waals surface area contributed by atoms with Crippen LogP contribution in [0.5, 0.6) is 5.75 Å². The fraction of sp³-hybridized carbons (Fsp3) is 0.0526. The van der Waals surface area contributed by atoms with Crippen molar-refractivity contribution in [3.8, 4) is 5.75 Å². The summed E-state index contributed by atoms with van der Waals surface area (Å²) in [6.07, 6.45) is 5.86. The number of nitrogens with one attached hydrogen (secondary N) is 2. The molecule has 2 heterocycles. The SMILES string of the molecule is COc1cc(NC(=O)C=Cc2ccco2)ccc1NC(=O)c1ccco1. The first-order valence-corrected chi connectivity index (χ1v) is 7.71. The summed E-state index contributed by atoms with van der Waals surface area (Å²) in [6, 6.07) is 11.5. The molecule has 0 spiro atoms. The molecule has 2 amide bonds. The monoisotopic (exact) mass is 352 g/mol. The van der Waals surface area contributed by atoms with Gasteiger partial charge in [0.1, 0.15) is 11.5 Å². The third-order valence-corrected chi connectivity index (χ3v) is 3.40. The lowest BCUT2D eigenvalue weighted by Gasteiger charge is -2.11. The van der Waals surface area contributed by atoms with E-state index in [9.17, 15) is 9.59 Å². The number of carbonyl (C=O) groups excluding carboxylic acids is 2. The van der Waals surface area contributed by atoms with E-state index in [0.29, 0.717) is 22.9 Å². The highest BCUT2D eigenvalue weighted by atomic mass is 16.5. The van der Waals surface area contributed by atoms with Crippen LogP contribution in [-0.4, -0.2) is 18.9 Å². The van der Waals surface area contributed by atoms with Gasteiger partial charge in [-0.2, -0.15) is 0 Å². The van der Waals surface area contributed by atoms with Crippen LogP contribution in [0.4, 0.5) is 11.4 Å². The molecule has 2 aromatic heterocycles. The quantitative estimate of drug-likeness (QED) is 0.658. The molecular formula is C19H16N2O5. The smallest absolute Gasteiger partial charge is 0.291 e. The van der Waals surface area contributed by atoms with Crippen LogP contribution < -0.4 is 15.4 Å². The van der Waals surface area contributed by atoms with Gasteiger partial charge in [0.25, 0.3) is 5.91 Å². The third kappa shape index (κ3) is 4.21. The molecule has 0 aliphatic carbocycles. The van der Waals surface area contributed by atoms with Crippen LogP contribution in [0.3, 0.4) is 0 Å². The number of furan rings is 2. The lowest BCUT2D eigenvalue weighted by Crippen LogP contribution is -2.12. The standard InChI is InChI=1S/C19H16N2O5/c1-24-17-12-13(20-18(22)9-7-14-4-2-10-25-14)6-8-15(17)21-19(23)16-5-3-11-26-16/h2-12H,1H3,(H,20,22)(H,21,23). The second-order valence-corrected chi connectivity index (χ2v) is 5.18. The summed E-state index contributed by atoms with van der Waals surface area (Å²) in [5.74, 6) is 0.446. The lowest BCUT2D eigenvalue weighted by molar-refractivity contribution is -0.111. The van der Waals surface area contributed by atoms with Gasteiger partial charge in [-0.1, -0.05) is 0 Å². The molecule has 0 fully saturated rings. The second-order valence-electron chi connectivity index (χ2n) is 5.18. The minimum atomic E-state index is -0.397. The van der Waals surface area contributed by atoms with Crippen molar-refractivity contribution < 1.29 is 23.2 Å². The normalized spacial score (nSPS) is 10.7. The Morgan fingerprint density at radius 3 is 2.54 bits per heavy atom. The summed E-state index contributed by atoms with van der Waals surface area (Å²) < 4.78 is 15.4. The van der Waals surface area contributed by atoms with Gasteiger partial charge in [0.15, 0.2) is 5.76 Å². The topological polar surface area (TPSA) is 93.7 Å². The maximum absolute atomic E-state index is 12.1. The van der Waals surface area contributed by atoms with Crippen molar-refractivity contribution in [2.75, 3.05) is 17.7 Å². The molecule has 0 aliphatic heterocycles. The Bertz CT molecular complexity index is 912. The number of anilines is 2. The average molecular weight is 352 g/mol. The van der Waals surface area contributed by atoms with E-state index in [1.54, 1.807) is 48.5 Å². The third-order valence-electron chi connectivity index (χ3n) is 3.40. The number of rotatable bonds is 6. The molecule has 7 nitrogen and oxygen atoms in total. The first-order valence-electron chi connectivity index (χ1n) is 7.71. The zero-order valence-electron chi connectivity index (χ0n) is 13.9. The average Bonchev–Trinajstić information content (AvgIpc) is 3.35. The molecule has 0 unspecified atom stereocenters. The van der Waals surface area contributed by atoms with Crippen LogP contribution in [0.2, 0.25) is 0 Å². The number of amides is 2. The van der Waals surface area contributed by atoms with Gasteiger partial charge in [0.2, 0.25) is 5.91 Å². The molecule has 0 atom stereocenters. The molecule has 26 heavy (non-hydrogen) atoms. The van der Waals surface area contributed by atoms with Crippen LogP contribution >= 0.6 is 0 Å². The summed E-state index contributed by atoms with van der Waals surface area (Å²) in [5.41, 5.74) is 0.977. The van der Waals surface area contributed by atoms with Crippen LogP contribution in [-0.2, 0) is 4.79 Å². The highest BCUT2D eigenvalue weighted by Gasteiger charge is 2.12. The Hall–Kier alpha value is -3.74. The highest BCUT2D eigenvalue weighted by molar-refractivity contribution is 6.04. The van der Waals surface area contributed by atoms with Gasteiger partial charge in [-0.15, -0.1) is 0 Å². The number of hydrogen-bond donors (Lipinski definition) is 2. The van der Waals surface area contributed by atoms with Gasteiger partial charge in [-0.25, -0.2) is 0 Å². The van der Waals surface area contributed by atoms with Crippen molar-refractivity contribution in [2.45, 2.75) is 0 Å². The van der Waals surface area contributed by atoms with Gasteiger partial charge >= 0.3 is 0 Å². The van der Waals surface area contributed by atoms with Crippen LogP contribution in [0.15, 0.2) is 69.9 Å². The summed E-state index contributed by atoms with van der Waals surface area (Å²) in [5, 5.41) is 5.40. The minimum absolute atomic E-state index is 0.187. The molecule has 3 aromatic rings. The minimum Gasteiger partial charge on any atom is -0.494 e. The van der Waals surface area contributed by atoms with Gasteiger partial charge in [0.05, 0.1) is 25.3 Å². The van der Waals surface area contributed by atoms with Crippen LogP contribution in [0, 0.1) is 0 Å². The van der Waals surface area contributed by atoms with E-state index in [2.05, 4.69) is 10.6 Å². The Morgan fingerprint density at radius 2 is 1.85 bits per heavy atom. The second kappa shape index (κ2) is 7.89. The van der Waals surface area contributed by atoms with Crippen molar-refractivity contribution in [3.05, 3.63) is 72.6 Å². The summed E-state index contributed by atoms with van der Waals surface area (Å²) >= 11 is 0. The zero-order valence-corrected chi connectivity index (χ0v) is 13.9. The zero-order chi connectivity index (χ0) is 18.4. The fourth-order valence-corrected chi connectivity index (χ4v) is 2.19. The first kappa shape index (κ1) is 17.1. The Morgan fingerprint density at radius 1 is 1.04 bits per heavy atom. The lowest BCUT2D eigenvalue weighted by atomic mass is 10.2. The predicted molar refractivity (Wildman–Crippen MR) is 96.0 cm³/mol. The molecule has 0 bridgehead atoms. The van der Waals surface area contributed by atoms with Gasteiger partial charge in [-0.05, 0) is 42.5 Å². The molecule has 0 saturated heterocycles. The van der Waals surface area contributed by atoms with E-state index >= 15 is 0 Å². The summed E-state index contributed by atoms with van der Waals surface area (Å²) in [6.45, 7) is 0. The van der Waals surface area contributed by atoms with Crippen molar-refractivity contribution in [2.24, 2.45) is 0 Å². The number of ether oxygens (including phenoxy) is 1. The molecule has 0 saturated carbocycles. The van der Waals surface area contributed by atoms with Crippen molar-refractivity contribution in [1.29, 1.82) is 0 Å². The Labute approximate surface area is 149 Å². The summed E-state index contributed by atoms with van der Waals surface area (Å²) in [4.78, 5) is 24.0. The number of carbonyl (C=O) groups is 2. The molecule has 0 aliphatic rings. The van der Waals surface area contributed by atoms with Crippen molar-refractivity contribution >= 4 is 29.3 Å². The maximum atomic E-state index is 12.1. The molecule has 7 heteroatoms. The van der Waals surface area contributed by atoms with Crippen molar-refractivity contribution in [1.82, 2.24) is 0 Å². The van der Waals surface area contributed by atoms with E-state index in [-0.39, 0.29) is 11.7 Å². The first-order chi connectivity index (χ1) is 12.7. The van der Waals surface area contributed by atoms with E-state index < -0.39 is 5.91 Å². The van der Waals surface area contributed by atoms with E-state index in [1.165, 1.54) is 25.7 Å². The number of methoxy groups -OCH3 is 1. The Balaban J connectivity index is 1.68. The van der Waals surface area contributed by atoms with Gasteiger partial charge in [-0.3, -0.25) is 9.59 Å². The van der Waals surface area contributed by atoms with E-state index in [0.717, 1.165) is 0 Å². The van der Waals surface area contributed by atoms with Crippen LogP contribution in [0.25, 0.3) is 6.08 Å².